The van der Waals surface area contributed by atoms with Crippen molar-refractivity contribution in [2.45, 2.75) is 25.0 Å². The largest absolute Gasteiger partial charge is 0.388 e. The number of rotatable bonds is 2. The van der Waals surface area contributed by atoms with E-state index in [9.17, 15) is 9.90 Å². The molecule has 3 N–H and O–H groups in total. The second-order valence-corrected chi connectivity index (χ2v) is 7.14. The summed E-state index contributed by atoms with van der Waals surface area (Å²) in [5.41, 5.74) is 11.3. The molecule has 3 atom stereocenters. The first-order valence-corrected chi connectivity index (χ1v) is 8.87. The van der Waals surface area contributed by atoms with Crippen molar-refractivity contribution in [2.75, 3.05) is 0 Å². The molecular formula is C21H19N3O2. The van der Waals surface area contributed by atoms with Gasteiger partial charge in [-0.05, 0) is 41.7 Å². The molecule has 1 aromatic heterocycles. The summed E-state index contributed by atoms with van der Waals surface area (Å²) < 4.78 is 2.18. The topological polar surface area (TPSA) is 81.1 Å². The minimum atomic E-state index is -0.591. The van der Waals surface area contributed by atoms with Gasteiger partial charge < -0.3 is 15.4 Å². The molecule has 130 valence electrons. The van der Waals surface area contributed by atoms with Gasteiger partial charge in [0.1, 0.15) is 0 Å². The monoisotopic (exact) mass is 345 g/mol. The second kappa shape index (κ2) is 5.54. The van der Waals surface area contributed by atoms with Crippen LogP contribution in [-0.4, -0.2) is 20.6 Å². The normalized spacial score (nSPS) is 23.2. The van der Waals surface area contributed by atoms with Gasteiger partial charge in [-0.2, -0.15) is 0 Å². The highest BCUT2D eigenvalue weighted by Crippen LogP contribution is 2.49. The fourth-order valence-corrected chi connectivity index (χ4v) is 4.62. The van der Waals surface area contributed by atoms with E-state index in [4.69, 9.17) is 5.73 Å². The van der Waals surface area contributed by atoms with Gasteiger partial charge in [0, 0.05) is 17.0 Å². The molecule has 0 saturated heterocycles. The molecule has 1 aliphatic heterocycles. The average Bonchev–Trinajstić information content (AvgIpc) is 3.23. The van der Waals surface area contributed by atoms with E-state index in [0.29, 0.717) is 5.56 Å². The van der Waals surface area contributed by atoms with Crippen LogP contribution in [0.3, 0.4) is 0 Å². The summed E-state index contributed by atoms with van der Waals surface area (Å²) in [6, 6.07) is 13.8. The fraction of sp³-hybridized carbons (Fsp3) is 0.238. The zero-order valence-corrected chi connectivity index (χ0v) is 14.2. The third-order valence-corrected chi connectivity index (χ3v) is 5.83. The van der Waals surface area contributed by atoms with Crippen molar-refractivity contribution in [3.63, 3.8) is 0 Å². The molecule has 3 aromatic rings. The van der Waals surface area contributed by atoms with Gasteiger partial charge in [-0.15, -0.1) is 0 Å². The third kappa shape index (κ3) is 2.07. The van der Waals surface area contributed by atoms with Crippen LogP contribution in [0.25, 0.3) is 11.3 Å². The number of fused-ring (bicyclic) bond motifs is 4. The lowest BCUT2D eigenvalue weighted by molar-refractivity contribution is 0.0719. The smallest absolute Gasteiger partial charge is 0.248 e. The maximum absolute atomic E-state index is 11.4. The van der Waals surface area contributed by atoms with Crippen LogP contribution >= 0.6 is 0 Å². The zero-order chi connectivity index (χ0) is 17.8. The lowest BCUT2D eigenvalue weighted by atomic mass is 9.75. The molecule has 1 unspecified atom stereocenters. The standard InChI is InChI=1S/C21H19N3O2/c22-21(26)13-6-7-14-12(9-13)5-8-17(20(14)25)19-16-4-2-1-3-15(16)18-10-23-11-24(18)19/h1-4,6-7,9-11,17,19-20,25H,5,8H2,(H2,22,26)/t17-,19?,20-/m1/s1. The Morgan fingerprint density at radius 1 is 1.19 bits per heavy atom. The molecule has 5 rings (SSSR count). The van der Waals surface area contributed by atoms with Crippen LogP contribution in [0.1, 0.15) is 45.6 Å². The number of nitrogens with two attached hydrogens (primary N) is 1. The Labute approximate surface area is 151 Å². The number of aromatic nitrogens is 2. The number of benzene rings is 2. The van der Waals surface area contributed by atoms with Crippen molar-refractivity contribution in [3.8, 4) is 11.3 Å². The van der Waals surface area contributed by atoms with Gasteiger partial charge in [0.05, 0.1) is 30.4 Å². The Kier molecular flexibility index (Phi) is 3.27. The molecule has 1 amide bonds. The van der Waals surface area contributed by atoms with Gasteiger partial charge in [-0.1, -0.05) is 30.3 Å². The number of imidazole rings is 1. The van der Waals surface area contributed by atoms with Crippen molar-refractivity contribution in [3.05, 3.63) is 77.2 Å². The Balaban J connectivity index is 1.57. The van der Waals surface area contributed by atoms with E-state index >= 15 is 0 Å². The molecule has 1 aliphatic carbocycles. The molecule has 0 spiro atoms. The number of nitrogens with zero attached hydrogens (tertiary/aromatic N) is 2. The average molecular weight is 345 g/mol. The second-order valence-electron chi connectivity index (χ2n) is 7.14. The maximum atomic E-state index is 11.4. The van der Waals surface area contributed by atoms with E-state index in [1.165, 1.54) is 11.1 Å². The molecule has 2 aromatic carbocycles. The maximum Gasteiger partial charge on any atom is 0.248 e. The summed E-state index contributed by atoms with van der Waals surface area (Å²) in [7, 11) is 0. The first-order valence-electron chi connectivity index (χ1n) is 8.87. The van der Waals surface area contributed by atoms with E-state index in [1.54, 1.807) is 6.07 Å². The Hall–Kier alpha value is -2.92. The van der Waals surface area contributed by atoms with Crippen molar-refractivity contribution in [1.29, 1.82) is 0 Å². The van der Waals surface area contributed by atoms with Gasteiger partial charge in [-0.3, -0.25) is 4.79 Å². The highest BCUT2D eigenvalue weighted by atomic mass is 16.3. The van der Waals surface area contributed by atoms with Crippen LogP contribution in [0.4, 0.5) is 0 Å². The highest BCUT2D eigenvalue weighted by Gasteiger charge is 2.40. The molecule has 5 nitrogen and oxygen atoms in total. The third-order valence-electron chi connectivity index (χ3n) is 5.83. The number of primary amides is 1. The van der Waals surface area contributed by atoms with Crippen molar-refractivity contribution < 1.29 is 9.90 Å². The van der Waals surface area contributed by atoms with Gasteiger partial charge in [0.2, 0.25) is 5.91 Å². The number of aliphatic hydroxyl groups is 1. The summed E-state index contributed by atoms with van der Waals surface area (Å²) in [6.07, 6.45) is 4.82. The molecule has 0 fully saturated rings. The van der Waals surface area contributed by atoms with Crippen LogP contribution in [-0.2, 0) is 6.42 Å². The van der Waals surface area contributed by atoms with E-state index in [0.717, 1.165) is 29.7 Å². The Bertz CT molecular complexity index is 1020. The summed E-state index contributed by atoms with van der Waals surface area (Å²) in [4.78, 5) is 15.8. The van der Waals surface area contributed by atoms with Crippen LogP contribution < -0.4 is 5.73 Å². The first kappa shape index (κ1) is 15.3. The van der Waals surface area contributed by atoms with Crippen LogP contribution in [0.5, 0.6) is 0 Å². The van der Waals surface area contributed by atoms with E-state index in [2.05, 4.69) is 21.7 Å². The number of carbonyl (C=O) groups excluding carboxylic acids is 1. The summed E-state index contributed by atoms with van der Waals surface area (Å²) in [5.74, 6) is -0.379. The molecule has 2 aliphatic rings. The first-order chi connectivity index (χ1) is 12.6. The lowest BCUT2D eigenvalue weighted by Gasteiger charge is -2.35. The number of hydrogen-bond acceptors (Lipinski definition) is 3. The SMILES string of the molecule is NC(=O)c1ccc2c(c1)CC[C@H](C1c3ccccc3-c3cncn31)[C@@H]2O. The zero-order valence-electron chi connectivity index (χ0n) is 14.2. The predicted octanol–water partition coefficient (Wildman–Crippen LogP) is 2.85. The van der Waals surface area contributed by atoms with Gasteiger partial charge >= 0.3 is 0 Å². The molecule has 0 bridgehead atoms. The van der Waals surface area contributed by atoms with Crippen LogP contribution in [0.2, 0.25) is 0 Å². The fourth-order valence-electron chi connectivity index (χ4n) is 4.62. The number of carbonyl (C=O) groups is 1. The van der Waals surface area contributed by atoms with Crippen LogP contribution in [0, 0.1) is 5.92 Å². The van der Waals surface area contributed by atoms with Crippen molar-refractivity contribution in [2.24, 2.45) is 11.7 Å². The quantitative estimate of drug-likeness (QED) is 0.749. The van der Waals surface area contributed by atoms with Crippen molar-refractivity contribution >= 4 is 5.91 Å². The molecule has 0 radical (unpaired) electrons. The number of amides is 1. The number of aliphatic hydroxyl groups excluding tert-OH is 1. The number of aryl methyl sites for hydroxylation is 1. The van der Waals surface area contributed by atoms with E-state index in [-0.39, 0.29) is 12.0 Å². The molecular weight excluding hydrogens is 326 g/mol. The Morgan fingerprint density at radius 3 is 2.88 bits per heavy atom. The predicted molar refractivity (Wildman–Crippen MR) is 97.5 cm³/mol. The molecule has 5 heteroatoms. The highest BCUT2D eigenvalue weighted by molar-refractivity contribution is 5.93. The van der Waals surface area contributed by atoms with Gasteiger partial charge in [0.15, 0.2) is 0 Å². The number of hydrogen-bond donors (Lipinski definition) is 2. The minimum Gasteiger partial charge on any atom is -0.388 e. The van der Waals surface area contributed by atoms with Crippen LogP contribution in [0.15, 0.2) is 55.0 Å². The van der Waals surface area contributed by atoms with E-state index < -0.39 is 12.0 Å². The minimum absolute atomic E-state index is 0.0542. The molecule has 26 heavy (non-hydrogen) atoms. The van der Waals surface area contributed by atoms with Gasteiger partial charge in [-0.25, -0.2) is 4.98 Å². The summed E-state index contributed by atoms with van der Waals surface area (Å²) in [6.45, 7) is 0. The van der Waals surface area contributed by atoms with Gasteiger partial charge in [0.25, 0.3) is 0 Å². The summed E-state index contributed by atoms with van der Waals surface area (Å²) >= 11 is 0. The molecule has 2 heterocycles. The van der Waals surface area contributed by atoms with E-state index in [1.807, 2.05) is 36.8 Å². The summed E-state index contributed by atoms with van der Waals surface area (Å²) in [5, 5.41) is 11.1. The molecule has 0 saturated carbocycles. The lowest BCUT2D eigenvalue weighted by Crippen LogP contribution is -2.29. The van der Waals surface area contributed by atoms with Crippen molar-refractivity contribution in [1.82, 2.24) is 9.55 Å². The Morgan fingerprint density at radius 2 is 2.04 bits per heavy atom.